The Kier molecular flexibility index (Phi) is 6.97. The molecule has 3 heterocycles. The number of benzene rings is 1. The van der Waals surface area contributed by atoms with Crippen LogP contribution in [0.2, 0.25) is 0 Å². The molecule has 2 aliphatic heterocycles. The van der Waals surface area contributed by atoms with Gasteiger partial charge in [-0.15, -0.1) is 11.3 Å². The molecule has 1 aromatic carbocycles. The van der Waals surface area contributed by atoms with Gasteiger partial charge in [0.1, 0.15) is 0 Å². The number of carbonyl (C=O) groups excluding carboxylic acids is 3. The SMILES string of the molecule is COC1CCN(C(=O)c2ccc(N3CC(NC(=O)c4ccc(Br)s4)CC3=O)cc2C)CC1. The van der Waals surface area contributed by atoms with Crippen LogP contribution < -0.4 is 10.2 Å². The monoisotopic (exact) mass is 519 g/mol. The zero-order valence-electron chi connectivity index (χ0n) is 18.1. The van der Waals surface area contributed by atoms with Crippen molar-refractivity contribution in [3.05, 3.63) is 50.1 Å². The van der Waals surface area contributed by atoms with Crippen LogP contribution in [0.15, 0.2) is 34.1 Å². The van der Waals surface area contributed by atoms with E-state index in [1.807, 2.05) is 30.0 Å². The Balaban J connectivity index is 1.40. The van der Waals surface area contributed by atoms with Crippen LogP contribution in [0.4, 0.5) is 5.69 Å². The minimum atomic E-state index is -0.250. The number of nitrogens with one attached hydrogen (secondary N) is 1. The molecule has 170 valence electrons. The molecule has 1 unspecified atom stereocenters. The number of nitrogens with zero attached hydrogens (tertiary/aromatic N) is 2. The number of anilines is 1. The lowest BCUT2D eigenvalue weighted by Crippen LogP contribution is -2.40. The van der Waals surface area contributed by atoms with Crippen LogP contribution >= 0.6 is 27.3 Å². The van der Waals surface area contributed by atoms with Gasteiger partial charge in [0.2, 0.25) is 5.91 Å². The minimum Gasteiger partial charge on any atom is -0.381 e. The first-order valence-electron chi connectivity index (χ1n) is 10.6. The molecule has 1 aromatic heterocycles. The lowest BCUT2D eigenvalue weighted by atomic mass is 10.0. The van der Waals surface area contributed by atoms with Gasteiger partial charge in [-0.25, -0.2) is 0 Å². The Morgan fingerprint density at radius 1 is 1.19 bits per heavy atom. The molecule has 2 aliphatic rings. The topological polar surface area (TPSA) is 79.0 Å². The van der Waals surface area contributed by atoms with Crippen LogP contribution in [0.25, 0.3) is 0 Å². The van der Waals surface area contributed by atoms with Crippen molar-refractivity contribution in [2.45, 2.75) is 38.3 Å². The maximum atomic E-state index is 13.0. The Morgan fingerprint density at radius 3 is 2.56 bits per heavy atom. The van der Waals surface area contributed by atoms with Crippen LogP contribution in [0.3, 0.4) is 0 Å². The van der Waals surface area contributed by atoms with E-state index in [4.69, 9.17) is 4.74 Å². The summed E-state index contributed by atoms with van der Waals surface area (Å²) in [6.45, 7) is 3.68. The third-order valence-corrected chi connectivity index (χ3v) is 7.69. The lowest BCUT2D eigenvalue weighted by molar-refractivity contribution is -0.117. The number of piperidine rings is 1. The molecule has 0 aliphatic carbocycles. The van der Waals surface area contributed by atoms with E-state index < -0.39 is 0 Å². The summed E-state index contributed by atoms with van der Waals surface area (Å²) in [6.07, 6.45) is 2.17. The fourth-order valence-electron chi connectivity index (χ4n) is 4.27. The van der Waals surface area contributed by atoms with Crippen molar-refractivity contribution in [1.29, 1.82) is 0 Å². The largest absolute Gasteiger partial charge is 0.381 e. The third-order valence-electron chi connectivity index (χ3n) is 6.07. The fourth-order valence-corrected chi connectivity index (χ4v) is 5.56. The molecular formula is C23H26BrN3O4S. The number of hydrogen-bond donors (Lipinski definition) is 1. The fraction of sp³-hybridized carbons (Fsp3) is 0.435. The smallest absolute Gasteiger partial charge is 0.261 e. The zero-order valence-corrected chi connectivity index (χ0v) is 20.5. The van der Waals surface area contributed by atoms with Gasteiger partial charge in [0.25, 0.3) is 11.8 Å². The summed E-state index contributed by atoms with van der Waals surface area (Å²) in [4.78, 5) is 42.2. The van der Waals surface area contributed by atoms with E-state index in [0.717, 1.165) is 27.9 Å². The number of hydrogen-bond acceptors (Lipinski definition) is 5. The molecule has 0 bridgehead atoms. The number of amides is 3. The van der Waals surface area contributed by atoms with Crippen LogP contribution in [0.5, 0.6) is 0 Å². The number of carbonyl (C=O) groups is 3. The molecule has 2 aromatic rings. The third kappa shape index (κ3) is 4.89. The standard InChI is InChI=1S/C23H26BrN3O4S/c1-14-11-16(3-4-18(14)23(30)26-9-7-17(31-2)8-10-26)27-13-15(12-21(27)28)25-22(29)19-5-6-20(24)32-19/h3-6,11,15,17H,7-10,12-13H2,1-2H3,(H,25,29). The van der Waals surface area contributed by atoms with E-state index in [1.54, 1.807) is 24.1 Å². The molecule has 0 spiro atoms. The summed E-state index contributed by atoms with van der Waals surface area (Å²) in [7, 11) is 1.71. The van der Waals surface area contributed by atoms with Gasteiger partial charge >= 0.3 is 0 Å². The summed E-state index contributed by atoms with van der Waals surface area (Å²) in [5, 5.41) is 2.95. The number of thiophene rings is 1. The molecule has 2 fully saturated rings. The number of likely N-dealkylation sites (tertiary alicyclic amines) is 1. The van der Waals surface area contributed by atoms with Crippen molar-refractivity contribution in [3.8, 4) is 0 Å². The van der Waals surface area contributed by atoms with Gasteiger partial charge in [0, 0.05) is 44.4 Å². The second kappa shape index (κ2) is 9.72. The molecule has 7 nitrogen and oxygen atoms in total. The van der Waals surface area contributed by atoms with Gasteiger partial charge in [0.15, 0.2) is 0 Å². The van der Waals surface area contributed by atoms with Crippen LogP contribution in [0.1, 0.15) is 44.9 Å². The highest BCUT2D eigenvalue weighted by atomic mass is 79.9. The average Bonchev–Trinajstić information content (AvgIpc) is 3.38. The first-order chi connectivity index (χ1) is 15.4. The number of methoxy groups -OCH3 is 1. The van der Waals surface area contributed by atoms with Gasteiger partial charge < -0.3 is 19.9 Å². The summed E-state index contributed by atoms with van der Waals surface area (Å²) in [5.74, 6) is -0.193. The Hall–Kier alpha value is -2.23. The molecule has 1 atom stereocenters. The Bertz CT molecular complexity index is 1030. The zero-order chi connectivity index (χ0) is 22.8. The summed E-state index contributed by atoms with van der Waals surface area (Å²) < 4.78 is 6.28. The van der Waals surface area contributed by atoms with E-state index >= 15 is 0 Å². The Morgan fingerprint density at radius 2 is 1.94 bits per heavy atom. The van der Waals surface area contributed by atoms with Gasteiger partial charge in [-0.1, -0.05) is 0 Å². The molecule has 0 radical (unpaired) electrons. The van der Waals surface area contributed by atoms with Crippen molar-refractivity contribution in [2.75, 3.05) is 31.6 Å². The van der Waals surface area contributed by atoms with Gasteiger partial charge in [-0.05, 0) is 71.6 Å². The maximum Gasteiger partial charge on any atom is 0.261 e. The van der Waals surface area contributed by atoms with Crippen LogP contribution in [0, 0.1) is 6.92 Å². The highest BCUT2D eigenvalue weighted by molar-refractivity contribution is 9.11. The van der Waals surface area contributed by atoms with Crippen LogP contribution in [-0.4, -0.2) is 61.5 Å². The normalized spacial score (nSPS) is 19.5. The molecule has 32 heavy (non-hydrogen) atoms. The van der Waals surface area contributed by atoms with Crippen molar-refractivity contribution < 1.29 is 19.1 Å². The lowest BCUT2D eigenvalue weighted by Gasteiger charge is -2.31. The minimum absolute atomic E-state index is 0.0172. The van der Waals surface area contributed by atoms with Gasteiger partial charge in [0.05, 0.1) is 20.8 Å². The summed E-state index contributed by atoms with van der Waals surface area (Å²) >= 11 is 4.72. The Labute approximate surface area is 199 Å². The molecular weight excluding hydrogens is 494 g/mol. The molecule has 9 heteroatoms. The highest BCUT2D eigenvalue weighted by Crippen LogP contribution is 2.27. The second-order valence-corrected chi connectivity index (χ2v) is 10.7. The van der Waals surface area contributed by atoms with E-state index in [1.165, 1.54) is 11.3 Å². The van der Waals surface area contributed by atoms with Gasteiger partial charge in [-0.2, -0.15) is 0 Å². The van der Waals surface area contributed by atoms with Gasteiger partial charge in [-0.3, -0.25) is 14.4 Å². The number of rotatable bonds is 5. The van der Waals surface area contributed by atoms with Crippen molar-refractivity contribution in [1.82, 2.24) is 10.2 Å². The van der Waals surface area contributed by atoms with E-state index in [-0.39, 0.29) is 36.3 Å². The first-order valence-corrected chi connectivity index (χ1v) is 12.3. The predicted octanol–water partition coefficient (Wildman–Crippen LogP) is 3.61. The number of ether oxygens (including phenoxy) is 1. The maximum absolute atomic E-state index is 13.0. The highest BCUT2D eigenvalue weighted by Gasteiger charge is 2.32. The van der Waals surface area contributed by atoms with Crippen molar-refractivity contribution in [3.63, 3.8) is 0 Å². The van der Waals surface area contributed by atoms with E-state index in [9.17, 15) is 14.4 Å². The average molecular weight is 520 g/mol. The quantitative estimate of drug-likeness (QED) is 0.654. The van der Waals surface area contributed by atoms with E-state index in [0.29, 0.717) is 30.1 Å². The molecule has 4 rings (SSSR count). The summed E-state index contributed by atoms with van der Waals surface area (Å²) in [5.41, 5.74) is 2.24. The molecule has 2 saturated heterocycles. The molecule has 1 N–H and O–H groups in total. The first kappa shape index (κ1) is 22.9. The predicted molar refractivity (Wildman–Crippen MR) is 127 cm³/mol. The van der Waals surface area contributed by atoms with Crippen molar-refractivity contribution in [2.24, 2.45) is 0 Å². The van der Waals surface area contributed by atoms with Crippen molar-refractivity contribution >= 4 is 50.7 Å². The van der Waals surface area contributed by atoms with Crippen LogP contribution in [-0.2, 0) is 9.53 Å². The molecule has 0 saturated carbocycles. The summed E-state index contributed by atoms with van der Waals surface area (Å²) in [6, 6.07) is 8.85. The number of halogens is 1. The van der Waals surface area contributed by atoms with E-state index in [2.05, 4.69) is 21.2 Å². The second-order valence-electron chi connectivity index (χ2n) is 8.21. The number of aryl methyl sites for hydroxylation is 1. The molecule has 3 amide bonds.